The van der Waals surface area contributed by atoms with Crippen LogP contribution in [0.4, 0.5) is 17.1 Å². The Morgan fingerprint density at radius 1 is 0.900 bits per heavy atom. The van der Waals surface area contributed by atoms with Crippen LogP contribution in [0.15, 0.2) is 42.5 Å². The summed E-state index contributed by atoms with van der Waals surface area (Å²) < 4.78 is 6.94. The van der Waals surface area contributed by atoms with Crippen molar-refractivity contribution in [2.75, 3.05) is 40.9 Å². The Morgan fingerprint density at radius 3 is 2.16 bits per heavy atom. The molecule has 4 fully saturated rings. The molecule has 2 N–H and O–H groups in total. The van der Waals surface area contributed by atoms with Crippen molar-refractivity contribution in [1.82, 2.24) is 4.90 Å². The van der Waals surface area contributed by atoms with Gasteiger partial charge in [0.2, 0.25) is 17.7 Å². The third-order valence-electron chi connectivity index (χ3n) is 11.8. The van der Waals surface area contributed by atoms with Gasteiger partial charge in [-0.25, -0.2) is 0 Å². The van der Waals surface area contributed by atoms with Crippen LogP contribution < -0.4 is 14.7 Å². The normalized spacial score (nSPS) is 28.7. The Labute approximate surface area is 294 Å². The lowest BCUT2D eigenvalue weighted by Crippen LogP contribution is -2.46. The summed E-state index contributed by atoms with van der Waals surface area (Å²) in [5.41, 5.74) is 0.953. The Morgan fingerprint density at radius 2 is 1.54 bits per heavy atom. The van der Waals surface area contributed by atoms with Crippen LogP contribution in [0.1, 0.15) is 89.7 Å². The highest BCUT2D eigenvalue weighted by molar-refractivity contribution is 6.08. The van der Waals surface area contributed by atoms with Crippen LogP contribution >= 0.6 is 0 Å². The molecule has 4 saturated heterocycles. The van der Waals surface area contributed by atoms with E-state index in [-0.39, 0.29) is 49.2 Å². The molecule has 4 amide bonds. The van der Waals surface area contributed by atoms with Gasteiger partial charge >= 0.3 is 0 Å². The number of amides is 4. The van der Waals surface area contributed by atoms with Crippen LogP contribution in [0, 0.1) is 11.8 Å². The number of benzene rings is 2. The summed E-state index contributed by atoms with van der Waals surface area (Å²) >= 11 is 0. The molecule has 0 radical (unpaired) electrons. The van der Waals surface area contributed by atoms with E-state index in [0.717, 1.165) is 49.8 Å². The van der Waals surface area contributed by atoms with Gasteiger partial charge in [-0.3, -0.25) is 19.2 Å². The molecule has 0 aliphatic carbocycles. The molecule has 0 aromatic heterocycles. The number of ether oxygens (including phenoxy) is 1. The molecule has 5 heterocycles. The van der Waals surface area contributed by atoms with E-state index in [1.807, 2.05) is 54.3 Å². The van der Waals surface area contributed by atoms with Crippen LogP contribution in [-0.4, -0.2) is 82.7 Å². The van der Waals surface area contributed by atoms with E-state index >= 15 is 4.79 Å². The fraction of sp³-hybridized carbons (Fsp3) is 0.590. The van der Waals surface area contributed by atoms with Crippen LogP contribution in [0.25, 0.3) is 0 Å². The van der Waals surface area contributed by atoms with Gasteiger partial charge < -0.3 is 34.5 Å². The predicted molar refractivity (Wildman–Crippen MR) is 188 cm³/mol. The number of carbonyl (C=O) groups excluding carboxylic acids is 4. The molecule has 2 aromatic rings. The zero-order chi connectivity index (χ0) is 35.4. The molecule has 0 saturated carbocycles. The minimum absolute atomic E-state index is 0.0269. The summed E-state index contributed by atoms with van der Waals surface area (Å²) in [5.74, 6) is -1.36. The van der Waals surface area contributed by atoms with E-state index in [1.165, 1.54) is 0 Å². The number of aliphatic hydroxyl groups is 2. The van der Waals surface area contributed by atoms with E-state index in [1.54, 1.807) is 28.5 Å². The number of fused-ring (bicyclic) bond motifs is 2. The summed E-state index contributed by atoms with van der Waals surface area (Å²) in [7, 11) is 0. The zero-order valence-corrected chi connectivity index (χ0v) is 29.5. The number of carbonyl (C=O) groups is 4. The van der Waals surface area contributed by atoms with E-state index in [2.05, 4.69) is 0 Å². The third kappa shape index (κ3) is 5.90. The minimum atomic E-state index is -1.50. The molecule has 0 bridgehead atoms. The van der Waals surface area contributed by atoms with Gasteiger partial charge in [-0.1, -0.05) is 19.1 Å². The second-order valence-electron chi connectivity index (χ2n) is 15.4. The van der Waals surface area contributed by atoms with E-state index in [4.69, 9.17) is 4.74 Å². The van der Waals surface area contributed by atoms with Crippen molar-refractivity contribution in [3.63, 3.8) is 0 Å². The van der Waals surface area contributed by atoms with Gasteiger partial charge in [-0.15, -0.1) is 0 Å². The van der Waals surface area contributed by atoms with Crippen molar-refractivity contribution in [2.24, 2.45) is 11.8 Å². The fourth-order valence-corrected chi connectivity index (χ4v) is 9.36. The summed E-state index contributed by atoms with van der Waals surface area (Å²) in [6, 6.07) is 13.2. The molecule has 2 aromatic carbocycles. The molecule has 268 valence electrons. The van der Waals surface area contributed by atoms with Crippen LogP contribution in [0.2, 0.25) is 0 Å². The number of likely N-dealkylation sites (tertiary alicyclic amines) is 1. The number of piperidine rings is 2. The molecule has 5 aliphatic heterocycles. The van der Waals surface area contributed by atoms with Gasteiger partial charge in [0.15, 0.2) is 5.60 Å². The van der Waals surface area contributed by atoms with Crippen molar-refractivity contribution in [3.05, 3.63) is 53.6 Å². The van der Waals surface area contributed by atoms with Gasteiger partial charge in [-0.2, -0.15) is 0 Å². The lowest BCUT2D eigenvalue weighted by Gasteiger charge is -2.34. The number of aliphatic hydroxyl groups excluding tert-OH is 1. The highest BCUT2D eigenvalue weighted by Crippen LogP contribution is 2.58. The number of nitrogens with zero attached hydrogens (tertiary/aromatic N) is 4. The molecular formula is C39H50N4O7. The standard InChI is InChI=1S/C39H50N4O7/c1-25-36(38(2,3)49)32(22-35(47)42-20-8-9-29(42)24-44)50-39(25)30-21-28(41-19-7-5-11-34(41)46)16-17-31(30)43(37(39)48)23-26-12-14-27(15-13-26)40-18-6-4-10-33(40)45/h12-17,21,25,29,32,36,44,49H,4-11,18-20,22-24H2,1-3H3/t25-,29-,32+,36-,39+/m0/s1. The molecular weight excluding hydrogens is 636 g/mol. The summed E-state index contributed by atoms with van der Waals surface area (Å²) in [4.78, 5) is 61.4. The maximum absolute atomic E-state index is 15.0. The molecule has 11 heteroatoms. The average Bonchev–Trinajstić information content (AvgIpc) is 3.76. The van der Waals surface area contributed by atoms with Crippen molar-refractivity contribution in [1.29, 1.82) is 0 Å². The Hall–Kier alpha value is -3.80. The highest BCUT2D eigenvalue weighted by atomic mass is 16.5. The maximum Gasteiger partial charge on any atom is 0.264 e. The molecule has 5 aliphatic rings. The number of hydrogen-bond acceptors (Lipinski definition) is 7. The molecule has 0 unspecified atom stereocenters. The first-order valence-corrected chi connectivity index (χ1v) is 18.4. The average molecular weight is 687 g/mol. The van der Waals surface area contributed by atoms with Crippen molar-refractivity contribution >= 4 is 40.7 Å². The van der Waals surface area contributed by atoms with Gasteiger partial charge in [0, 0.05) is 61.2 Å². The van der Waals surface area contributed by atoms with E-state index in [0.29, 0.717) is 49.4 Å². The van der Waals surface area contributed by atoms with Gasteiger partial charge in [0.1, 0.15) is 0 Å². The first kappa shape index (κ1) is 34.6. The number of anilines is 3. The SMILES string of the molecule is C[C@H]1[C@H](C(C)(C)O)[C@@H](CC(=O)N2CCC[C@H]2CO)O[C@]12C(=O)N(Cc1ccc(N3CCCCC3=O)cc1)c1ccc(N3CCCCC3=O)cc12. The van der Waals surface area contributed by atoms with Gasteiger partial charge in [-0.05, 0) is 88.3 Å². The maximum atomic E-state index is 15.0. The van der Waals surface area contributed by atoms with E-state index < -0.39 is 29.1 Å². The fourth-order valence-electron chi connectivity index (χ4n) is 9.36. The Kier molecular flexibility index (Phi) is 9.28. The first-order chi connectivity index (χ1) is 23.9. The molecule has 11 nitrogen and oxygen atoms in total. The predicted octanol–water partition coefficient (Wildman–Crippen LogP) is 4.26. The monoisotopic (exact) mass is 686 g/mol. The largest absolute Gasteiger partial charge is 0.394 e. The number of rotatable bonds is 8. The van der Waals surface area contributed by atoms with E-state index in [9.17, 15) is 24.6 Å². The quantitative estimate of drug-likeness (QED) is 0.425. The van der Waals surface area contributed by atoms with Crippen molar-refractivity contribution in [3.8, 4) is 0 Å². The summed E-state index contributed by atoms with van der Waals surface area (Å²) in [6.45, 7) is 7.32. The lowest BCUT2D eigenvalue weighted by molar-refractivity contribution is -0.150. The van der Waals surface area contributed by atoms with Gasteiger partial charge in [0.05, 0.1) is 43.0 Å². The molecule has 1 spiro atoms. The molecule has 7 rings (SSSR count). The first-order valence-electron chi connectivity index (χ1n) is 18.4. The molecule has 50 heavy (non-hydrogen) atoms. The lowest BCUT2D eigenvalue weighted by atomic mass is 9.70. The third-order valence-corrected chi connectivity index (χ3v) is 11.8. The highest BCUT2D eigenvalue weighted by Gasteiger charge is 2.66. The second kappa shape index (κ2) is 13.4. The second-order valence-corrected chi connectivity index (χ2v) is 15.4. The zero-order valence-electron chi connectivity index (χ0n) is 29.5. The van der Waals surface area contributed by atoms with Crippen molar-refractivity contribution < 1.29 is 34.1 Å². The summed E-state index contributed by atoms with van der Waals surface area (Å²) in [5, 5.41) is 21.5. The van der Waals surface area contributed by atoms with Crippen LogP contribution in [0.3, 0.4) is 0 Å². The van der Waals surface area contributed by atoms with Gasteiger partial charge in [0.25, 0.3) is 5.91 Å². The van der Waals surface area contributed by atoms with Crippen molar-refractivity contribution in [2.45, 2.75) is 108 Å². The Balaban J connectivity index is 1.26. The topological polar surface area (TPSA) is 131 Å². The van der Waals surface area contributed by atoms with Crippen LogP contribution in [0.5, 0.6) is 0 Å². The smallest absolute Gasteiger partial charge is 0.264 e. The molecule has 5 atom stereocenters. The Bertz CT molecular complexity index is 1650. The van der Waals surface area contributed by atoms with Crippen LogP contribution in [-0.2, 0) is 36.1 Å². The summed E-state index contributed by atoms with van der Waals surface area (Å²) in [6.07, 6.45) is 5.38. The number of hydrogen-bond donors (Lipinski definition) is 2. The minimum Gasteiger partial charge on any atom is -0.394 e.